The fourth-order valence-electron chi connectivity index (χ4n) is 2.20. The summed E-state index contributed by atoms with van der Waals surface area (Å²) in [6, 6.07) is 9.44. The monoisotopic (exact) mass is 400 g/mol. The van der Waals surface area contributed by atoms with Gasteiger partial charge in [-0.05, 0) is 31.2 Å². The van der Waals surface area contributed by atoms with Crippen molar-refractivity contribution in [1.82, 2.24) is 5.32 Å². The van der Waals surface area contributed by atoms with E-state index in [4.69, 9.17) is 9.15 Å². The zero-order valence-electron chi connectivity index (χ0n) is 15.9. The Bertz CT molecular complexity index is 965. The Balaban J connectivity index is 2.30. The summed E-state index contributed by atoms with van der Waals surface area (Å²) in [6.45, 7) is 1.62. The summed E-state index contributed by atoms with van der Waals surface area (Å²) in [5.74, 6) is -1.86. The van der Waals surface area contributed by atoms with E-state index < -0.39 is 23.5 Å². The first-order valence-corrected chi connectivity index (χ1v) is 8.64. The Labute approximate surface area is 166 Å². The second-order valence-corrected chi connectivity index (χ2v) is 5.56. The van der Waals surface area contributed by atoms with E-state index >= 15 is 0 Å². The van der Waals surface area contributed by atoms with Crippen LogP contribution in [0.3, 0.4) is 0 Å². The van der Waals surface area contributed by atoms with Crippen LogP contribution in [0.5, 0.6) is 0 Å². The first-order chi connectivity index (χ1) is 14.0. The number of carbonyl (C=O) groups is 3. The molecule has 0 aliphatic carbocycles. The maximum absolute atomic E-state index is 12.3. The Kier molecular flexibility index (Phi) is 7.72. The van der Waals surface area contributed by atoms with Gasteiger partial charge in [-0.3, -0.25) is 9.59 Å². The molecule has 2 N–H and O–H groups in total. The number of amides is 1. The smallest absolute Gasteiger partial charge is 0.360 e. The minimum Gasteiger partial charge on any atom is -0.468 e. The minimum absolute atomic E-state index is 0.0640. The van der Waals surface area contributed by atoms with Crippen molar-refractivity contribution in [3.8, 4) is 0 Å². The predicted molar refractivity (Wildman–Crippen MR) is 104 cm³/mol. The number of rotatable bonds is 8. The molecule has 29 heavy (non-hydrogen) atoms. The molecule has 2 aromatic rings. The van der Waals surface area contributed by atoms with Gasteiger partial charge in [0, 0.05) is 11.8 Å². The summed E-state index contributed by atoms with van der Waals surface area (Å²) in [5.41, 5.74) is -0.789. The Morgan fingerprint density at radius 3 is 2.55 bits per heavy atom. The summed E-state index contributed by atoms with van der Waals surface area (Å²) in [6.07, 6.45) is 2.61. The van der Waals surface area contributed by atoms with Crippen molar-refractivity contribution >= 4 is 29.6 Å². The normalized spacial score (nSPS) is 10.4. The molecule has 9 heteroatoms. The van der Waals surface area contributed by atoms with Crippen LogP contribution in [-0.2, 0) is 14.3 Å². The van der Waals surface area contributed by atoms with E-state index in [0.29, 0.717) is 5.56 Å². The van der Waals surface area contributed by atoms with E-state index in [9.17, 15) is 19.2 Å². The number of hydrogen-bond donors (Lipinski definition) is 2. The van der Waals surface area contributed by atoms with Gasteiger partial charge in [0.2, 0.25) is 0 Å². The molecule has 0 aliphatic rings. The molecule has 0 aliphatic heterocycles. The molecular weight excluding hydrogens is 380 g/mol. The maximum atomic E-state index is 12.3. The maximum Gasteiger partial charge on any atom is 0.360 e. The summed E-state index contributed by atoms with van der Waals surface area (Å²) in [5, 5.41) is 5.06. The molecule has 0 spiro atoms. The van der Waals surface area contributed by atoms with Crippen LogP contribution in [0.15, 0.2) is 51.8 Å². The standard InChI is InChI=1S/C20H20N2O7/c1-3-28-19(25)14-11-15(22-18(24)13-7-5-4-6-8-13)20(26)29-16(14)9-10-21-12-17(23)27-2/h4-11,21H,3,12H2,1-2H3,(H,22,24)/b10-9+. The molecule has 1 aromatic heterocycles. The molecule has 0 saturated heterocycles. The molecule has 1 heterocycles. The highest BCUT2D eigenvalue weighted by molar-refractivity contribution is 6.04. The van der Waals surface area contributed by atoms with E-state index in [1.807, 2.05) is 0 Å². The van der Waals surface area contributed by atoms with Gasteiger partial charge in [0.1, 0.15) is 23.6 Å². The topological polar surface area (TPSA) is 124 Å². The SMILES string of the molecule is CCOC(=O)c1cc(NC(=O)c2ccccc2)c(=O)oc1/C=C/NCC(=O)OC. The van der Waals surface area contributed by atoms with E-state index in [1.54, 1.807) is 37.3 Å². The minimum atomic E-state index is -0.852. The fraction of sp³-hybridized carbons (Fsp3) is 0.200. The second-order valence-electron chi connectivity index (χ2n) is 5.56. The molecule has 152 valence electrons. The molecule has 0 radical (unpaired) electrons. The van der Waals surface area contributed by atoms with Crippen molar-refractivity contribution in [1.29, 1.82) is 0 Å². The van der Waals surface area contributed by atoms with Crippen molar-refractivity contribution in [2.24, 2.45) is 0 Å². The van der Waals surface area contributed by atoms with E-state index in [-0.39, 0.29) is 30.2 Å². The lowest BCUT2D eigenvalue weighted by atomic mass is 10.2. The second kappa shape index (κ2) is 10.5. The van der Waals surface area contributed by atoms with Gasteiger partial charge in [-0.2, -0.15) is 0 Å². The zero-order chi connectivity index (χ0) is 21.2. The zero-order valence-corrected chi connectivity index (χ0v) is 15.9. The van der Waals surface area contributed by atoms with Crippen molar-refractivity contribution in [3.05, 3.63) is 69.9 Å². The predicted octanol–water partition coefficient (Wildman–Crippen LogP) is 1.80. The number of methoxy groups -OCH3 is 1. The largest absolute Gasteiger partial charge is 0.468 e. The van der Waals surface area contributed by atoms with E-state index in [1.165, 1.54) is 25.5 Å². The van der Waals surface area contributed by atoms with Crippen LogP contribution in [0.4, 0.5) is 5.69 Å². The van der Waals surface area contributed by atoms with Crippen LogP contribution in [0.1, 0.15) is 33.4 Å². The van der Waals surface area contributed by atoms with Crippen LogP contribution in [0.2, 0.25) is 0 Å². The van der Waals surface area contributed by atoms with Crippen molar-refractivity contribution in [2.75, 3.05) is 25.6 Å². The van der Waals surface area contributed by atoms with Gasteiger partial charge in [-0.1, -0.05) is 18.2 Å². The molecule has 0 fully saturated rings. The van der Waals surface area contributed by atoms with Crippen LogP contribution < -0.4 is 16.3 Å². The Morgan fingerprint density at radius 1 is 1.17 bits per heavy atom. The number of ether oxygens (including phenoxy) is 2. The molecular formula is C20H20N2O7. The van der Waals surface area contributed by atoms with Gasteiger partial charge in [-0.15, -0.1) is 0 Å². The van der Waals surface area contributed by atoms with Crippen molar-refractivity contribution < 1.29 is 28.3 Å². The van der Waals surface area contributed by atoms with Gasteiger partial charge in [-0.25, -0.2) is 9.59 Å². The lowest BCUT2D eigenvalue weighted by Gasteiger charge is -2.09. The Morgan fingerprint density at radius 2 is 1.90 bits per heavy atom. The Hall–Kier alpha value is -3.88. The van der Waals surface area contributed by atoms with Gasteiger partial charge in [0.25, 0.3) is 5.91 Å². The first kappa shape index (κ1) is 21.4. The number of esters is 2. The van der Waals surface area contributed by atoms with Gasteiger partial charge < -0.3 is 24.5 Å². The number of anilines is 1. The molecule has 0 bridgehead atoms. The summed E-state index contributed by atoms with van der Waals surface area (Å²) in [7, 11) is 1.24. The third-order valence-corrected chi connectivity index (χ3v) is 3.58. The summed E-state index contributed by atoms with van der Waals surface area (Å²) < 4.78 is 14.6. The van der Waals surface area contributed by atoms with E-state index in [0.717, 1.165) is 0 Å². The van der Waals surface area contributed by atoms with Crippen LogP contribution in [0.25, 0.3) is 6.08 Å². The highest BCUT2D eigenvalue weighted by Gasteiger charge is 2.19. The molecule has 1 aromatic carbocycles. The molecule has 1 amide bonds. The number of nitrogens with one attached hydrogen (secondary N) is 2. The average molecular weight is 400 g/mol. The molecule has 2 rings (SSSR count). The number of carbonyl (C=O) groups excluding carboxylic acids is 3. The quantitative estimate of drug-likeness (QED) is 0.643. The van der Waals surface area contributed by atoms with Crippen LogP contribution in [0, 0.1) is 0 Å². The van der Waals surface area contributed by atoms with Crippen molar-refractivity contribution in [2.45, 2.75) is 6.92 Å². The third kappa shape index (κ3) is 6.06. The lowest BCUT2D eigenvalue weighted by molar-refractivity contribution is -0.139. The van der Waals surface area contributed by atoms with Gasteiger partial charge in [0.15, 0.2) is 0 Å². The molecule has 9 nitrogen and oxygen atoms in total. The summed E-state index contributed by atoms with van der Waals surface area (Å²) >= 11 is 0. The highest BCUT2D eigenvalue weighted by atomic mass is 16.5. The van der Waals surface area contributed by atoms with Gasteiger partial charge in [0.05, 0.1) is 13.7 Å². The van der Waals surface area contributed by atoms with E-state index in [2.05, 4.69) is 15.4 Å². The first-order valence-electron chi connectivity index (χ1n) is 8.64. The fourth-order valence-corrected chi connectivity index (χ4v) is 2.20. The molecule has 0 unspecified atom stereocenters. The number of hydrogen-bond acceptors (Lipinski definition) is 8. The molecule has 0 saturated carbocycles. The third-order valence-electron chi connectivity index (χ3n) is 3.58. The number of benzene rings is 1. The summed E-state index contributed by atoms with van der Waals surface area (Å²) in [4.78, 5) is 47.9. The average Bonchev–Trinajstić information content (AvgIpc) is 2.73. The lowest BCUT2D eigenvalue weighted by Crippen LogP contribution is -2.20. The van der Waals surface area contributed by atoms with Crippen LogP contribution >= 0.6 is 0 Å². The highest BCUT2D eigenvalue weighted by Crippen LogP contribution is 2.16. The van der Waals surface area contributed by atoms with Crippen LogP contribution in [-0.4, -0.2) is 38.1 Å². The van der Waals surface area contributed by atoms with Crippen molar-refractivity contribution in [3.63, 3.8) is 0 Å². The van der Waals surface area contributed by atoms with Gasteiger partial charge >= 0.3 is 17.6 Å². The molecule has 0 atom stereocenters.